The molecule has 3 rings (SSSR count). The van der Waals surface area contributed by atoms with Crippen molar-refractivity contribution >= 4 is 17.2 Å². The van der Waals surface area contributed by atoms with E-state index in [1.165, 1.54) is 11.3 Å². The first kappa shape index (κ1) is 9.30. The number of hydrogen-bond donors (Lipinski definition) is 1. The number of amides is 1. The standard InChI is InChI=1S/C10H13N3OS/c14-10(9-5-12-6-15-9)13-2-1-7-3-11-4-8(7)13/h5-8,11H,1-4H2/t7-,8+/m0/s1. The number of hydrogen-bond acceptors (Lipinski definition) is 4. The van der Waals surface area contributed by atoms with Gasteiger partial charge < -0.3 is 10.2 Å². The van der Waals surface area contributed by atoms with Gasteiger partial charge in [0.1, 0.15) is 4.88 Å². The maximum atomic E-state index is 12.1. The Hall–Kier alpha value is -0.940. The maximum Gasteiger partial charge on any atom is 0.265 e. The van der Waals surface area contributed by atoms with Gasteiger partial charge in [-0.05, 0) is 12.3 Å². The molecule has 0 unspecified atom stereocenters. The van der Waals surface area contributed by atoms with Gasteiger partial charge >= 0.3 is 0 Å². The first-order valence-electron chi connectivity index (χ1n) is 5.26. The van der Waals surface area contributed by atoms with Gasteiger partial charge in [0.15, 0.2) is 0 Å². The Morgan fingerprint density at radius 3 is 3.33 bits per heavy atom. The van der Waals surface area contributed by atoms with Gasteiger partial charge in [-0.1, -0.05) is 0 Å². The average Bonchev–Trinajstić information content (AvgIpc) is 2.94. The fourth-order valence-corrected chi connectivity index (χ4v) is 3.14. The Kier molecular flexibility index (Phi) is 2.21. The molecule has 0 aromatic carbocycles. The summed E-state index contributed by atoms with van der Waals surface area (Å²) >= 11 is 1.43. The largest absolute Gasteiger partial charge is 0.333 e. The lowest BCUT2D eigenvalue weighted by Crippen LogP contribution is -2.38. The average molecular weight is 223 g/mol. The van der Waals surface area contributed by atoms with E-state index in [1.54, 1.807) is 11.7 Å². The summed E-state index contributed by atoms with van der Waals surface area (Å²) in [5.74, 6) is 0.829. The highest BCUT2D eigenvalue weighted by atomic mass is 32.1. The van der Waals surface area contributed by atoms with Crippen LogP contribution in [0, 0.1) is 5.92 Å². The Bertz CT molecular complexity index is 365. The number of aromatic nitrogens is 1. The van der Waals surface area contributed by atoms with Crippen LogP contribution in [0.4, 0.5) is 0 Å². The number of thiazole rings is 1. The third kappa shape index (κ3) is 1.46. The van der Waals surface area contributed by atoms with Crippen LogP contribution in [0.15, 0.2) is 11.7 Å². The van der Waals surface area contributed by atoms with Gasteiger partial charge in [0.05, 0.1) is 11.7 Å². The lowest BCUT2D eigenvalue weighted by molar-refractivity contribution is 0.0741. The summed E-state index contributed by atoms with van der Waals surface area (Å²) in [5, 5.41) is 3.35. The van der Waals surface area contributed by atoms with Crippen LogP contribution in [0.3, 0.4) is 0 Å². The van der Waals surface area contributed by atoms with Crippen molar-refractivity contribution in [1.29, 1.82) is 0 Å². The summed E-state index contributed by atoms with van der Waals surface area (Å²) in [6.45, 7) is 2.93. The van der Waals surface area contributed by atoms with Gasteiger partial charge in [0.2, 0.25) is 0 Å². The van der Waals surface area contributed by atoms with Gasteiger partial charge in [-0.25, -0.2) is 0 Å². The second kappa shape index (κ2) is 3.57. The summed E-state index contributed by atoms with van der Waals surface area (Å²) < 4.78 is 0. The molecule has 0 saturated carbocycles. The predicted molar refractivity (Wildman–Crippen MR) is 57.9 cm³/mol. The maximum absolute atomic E-state index is 12.1. The molecule has 2 saturated heterocycles. The minimum atomic E-state index is 0.161. The molecule has 0 aliphatic carbocycles. The molecule has 15 heavy (non-hydrogen) atoms. The molecule has 3 heterocycles. The van der Waals surface area contributed by atoms with Gasteiger partial charge in [0, 0.05) is 25.7 Å². The summed E-state index contributed by atoms with van der Waals surface area (Å²) in [6.07, 6.45) is 2.81. The van der Waals surface area contributed by atoms with Crippen LogP contribution in [0.5, 0.6) is 0 Å². The van der Waals surface area contributed by atoms with Crippen molar-refractivity contribution in [2.45, 2.75) is 12.5 Å². The molecule has 2 aliphatic heterocycles. The van der Waals surface area contributed by atoms with Crippen LogP contribution in [0.1, 0.15) is 16.1 Å². The van der Waals surface area contributed by atoms with Crippen LogP contribution < -0.4 is 5.32 Å². The highest BCUT2D eigenvalue weighted by Crippen LogP contribution is 2.28. The number of nitrogens with one attached hydrogen (secondary N) is 1. The van der Waals surface area contributed by atoms with Crippen LogP contribution >= 0.6 is 11.3 Å². The van der Waals surface area contributed by atoms with Crippen molar-refractivity contribution in [1.82, 2.24) is 15.2 Å². The zero-order valence-electron chi connectivity index (χ0n) is 8.35. The van der Waals surface area contributed by atoms with Crippen molar-refractivity contribution in [2.24, 2.45) is 5.92 Å². The highest BCUT2D eigenvalue weighted by Gasteiger charge is 2.40. The van der Waals surface area contributed by atoms with E-state index >= 15 is 0 Å². The highest BCUT2D eigenvalue weighted by molar-refractivity contribution is 7.11. The van der Waals surface area contributed by atoms with E-state index in [9.17, 15) is 4.79 Å². The monoisotopic (exact) mass is 223 g/mol. The van der Waals surface area contributed by atoms with E-state index < -0.39 is 0 Å². The summed E-state index contributed by atoms with van der Waals surface area (Å²) in [4.78, 5) is 18.9. The van der Waals surface area contributed by atoms with E-state index in [0.717, 1.165) is 30.9 Å². The normalized spacial score (nSPS) is 29.5. The summed E-state index contributed by atoms with van der Waals surface area (Å²) in [6, 6.07) is 0.416. The SMILES string of the molecule is O=C(c1cncs1)N1CC[C@H]2CNC[C@H]21. The van der Waals surface area contributed by atoms with E-state index in [1.807, 2.05) is 4.90 Å². The predicted octanol–water partition coefficient (Wildman–Crippen LogP) is 0.577. The molecule has 5 heteroatoms. The van der Waals surface area contributed by atoms with Crippen molar-refractivity contribution in [2.75, 3.05) is 19.6 Å². The fraction of sp³-hybridized carbons (Fsp3) is 0.600. The summed E-state index contributed by atoms with van der Waals surface area (Å²) in [7, 11) is 0. The van der Waals surface area contributed by atoms with E-state index in [0.29, 0.717) is 12.0 Å². The second-order valence-electron chi connectivity index (χ2n) is 4.14. The third-order valence-electron chi connectivity index (χ3n) is 3.35. The van der Waals surface area contributed by atoms with Crippen molar-refractivity contribution < 1.29 is 4.79 Å². The number of carbonyl (C=O) groups is 1. The molecule has 1 N–H and O–H groups in total. The van der Waals surface area contributed by atoms with E-state index in [4.69, 9.17) is 0 Å². The van der Waals surface area contributed by atoms with Crippen LogP contribution in [-0.4, -0.2) is 41.5 Å². The van der Waals surface area contributed by atoms with Crippen LogP contribution in [-0.2, 0) is 0 Å². The van der Waals surface area contributed by atoms with Crippen molar-refractivity contribution in [3.63, 3.8) is 0 Å². The van der Waals surface area contributed by atoms with Gasteiger partial charge in [-0.15, -0.1) is 11.3 Å². The topological polar surface area (TPSA) is 45.2 Å². The first-order chi connectivity index (χ1) is 7.36. The first-order valence-corrected chi connectivity index (χ1v) is 6.14. The second-order valence-corrected chi connectivity index (χ2v) is 5.02. The lowest BCUT2D eigenvalue weighted by Gasteiger charge is -2.22. The molecule has 1 amide bonds. The molecular weight excluding hydrogens is 210 g/mol. The van der Waals surface area contributed by atoms with E-state index in [-0.39, 0.29) is 5.91 Å². The Morgan fingerprint density at radius 1 is 1.60 bits per heavy atom. The van der Waals surface area contributed by atoms with Crippen LogP contribution in [0.2, 0.25) is 0 Å². The lowest BCUT2D eigenvalue weighted by atomic mass is 10.1. The van der Waals surface area contributed by atoms with Crippen molar-refractivity contribution in [3.8, 4) is 0 Å². The fourth-order valence-electron chi connectivity index (χ4n) is 2.56. The number of nitrogens with zero attached hydrogens (tertiary/aromatic N) is 2. The molecule has 0 radical (unpaired) electrons. The molecule has 2 atom stereocenters. The zero-order valence-corrected chi connectivity index (χ0v) is 9.17. The van der Waals surface area contributed by atoms with Crippen LogP contribution in [0.25, 0.3) is 0 Å². The molecule has 2 fully saturated rings. The minimum Gasteiger partial charge on any atom is -0.333 e. The molecule has 4 nitrogen and oxygen atoms in total. The van der Waals surface area contributed by atoms with E-state index in [2.05, 4.69) is 10.3 Å². The third-order valence-corrected chi connectivity index (χ3v) is 4.11. The smallest absolute Gasteiger partial charge is 0.265 e. The molecule has 2 aliphatic rings. The molecule has 80 valence electrons. The number of likely N-dealkylation sites (tertiary alicyclic amines) is 1. The Balaban J connectivity index is 1.80. The molecular formula is C10H13N3OS. The van der Waals surface area contributed by atoms with Gasteiger partial charge in [-0.2, -0.15) is 0 Å². The molecule has 0 bridgehead atoms. The summed E-state index contributed by atoms with van der Waals surface area (Å²) in [5.41, 5.74) is 1.72. The molecule has 0 spiro atoms. The number of carbonyl (C=O) groups excluding carboxylic acids is 1. The number of fused-ring (bicyclic) bond motifs is 1. The number of rotatable bonds is 1. The molecule has 1 aromatic rings. The Labute approximate surface area is 92.3 Å². The van der Waals surface area contributed by atoms with Gasteiger partial charge in [-0.3, -0.25) is 9.78 Å². The zero-order chi connectivity index (χ0) is 10.3. The molecule has 1 aromatic heterocycles. The Morgan fingerprint density at radius 2 is 2.53 bits per heavy atom. The minimum absolute atomic E-state index is 0.161. The quantitative estimate of drug-likeness (QED) is 0.757. The van der Waals surface area contributed by atoms with Crippen molar-refractivity contribution in [3.05, 3.63) is 16.6 Å². The van der Waals surface area contributed by atoms with Gasteiger partial charge in [0.25, 0.3) is 5.91 Å².